The van der Waals surface area contributed by atoms with E-state index in [1.165, 1.54) is 0 Å². The summed E-state index contributed by atoms with van der Waals surface area (Å²) in [7, 11) is 0. The van der Waals surface area contributed by atoms with Crippen LogP contribution in [0.25, 0.3) is 0 Å². The van der Waals surface area contributed by atoms with Crippen molar-refractivity contribution < 1.29 is 27.4 Å². The molecule has 1 aliphatic heterocycles. The lowest BCUT2D eigenvalue weighted by Gasteiger charge is -2.10. The Labute approximate surface area is 108 Å². The minimum absolute atomic E-state index is 0.0136. The van der Waals surface area contributed by atoms with Gasteiger partial charge in [-0.2, -0.15) is 0 Å². The molecule has 0 radical (unpaired) electrons. The Balaban J connectivity index is 1.92. The molecule has 0 saturated carbocycles. The fourth-order valence-corrected chi connectivity index (χ4v) is 1.96. The second-order valence-corrected chi connectivity index (χ2v) is 4.30. The second kappa shape index (κ2) is 6.06. The van der Waals surface area contributed by atoms with E-state index in [1.54, 1.807) is 0 Å². The van der Waals surface area contributed by atoms with Gasteiger partial charge in [-0.05, 0) is 12.8 Å². The molecule has 19 heavy (non-hydrogen) atoms. The average Bonchev–Trinajstić information content (AvgIpc) is 2.80. The summed E-state index contributed by atoms with van der Waals surface area (Å²) in [6, 6.07) is 0.888. The summed E-state index contributed by atoms with van der Waals surface area (Å²) < 4.78 is 49.3. The highest BCUT2D eigenvalue weighted by atomic mass is 19.1. The van der Waals surface area contributed by atoms with Crippen LogP contribution in [0.5, 0.6) is 0 Å². The Kier molecular flexibility index (Phi) is 4.42. The van der Waals surface area contributed by atoms with Gasteiger partial charge in [0.25, 0.3) is 0 Å². The minimum Gasteiger partial charge on any atom is -0.462 e. The van der Waals surface area contributed by atoms with Crippen molar-refractivity contribution in [1.82, 2.24) is 0 Å². The molecule has 0 aromatic heterocycles. The van der Waals surface area contributed by atoms with E-state index in [0.717, 1.165) is 12.8 Å². The normalized spacial score (nSPS) is 18.6. The van der Waals surface area contributed by atoms with Crippen LogP contribution in [0.4, 0.5) is 13.2 Å². The van der Waals surface area contributed by atoms with Crippen LogP contribution >= 0.6 is 0 Å². The first-order chi connectivity index (χ1) is 9.08. The molecule has 1 fully saturated rings. The van der Waals surface area contributed by atoms with Gasteiger partial charge in [0.15, 0.2) is 0 Å². The SMILES string of the molecule is O=C(OCC[C@@H]1CCCO1)c1c(F)cc(F)cc1F. The molecule has 0 unspecified atom stereocenters. The first-order valence-electron chi connectivity index (χ1n) is 6.01. The molecule has 1 aromatic carbocycles. The molecule has 1 heterocycles. The average molecular weight is 274 g/mol. The highest BCUT2D eigenvalue weighted by Gasteiger charge is 2.21. The van der Waals surface area contributed by atoms with Gasteiger partial charge >= 0.3 is 5.97 Å². The van der Waals surface area contributed by atoms with Crippen LogP contribution in [0.1, 0.15) is 29.6 Å². The summed E-state index contributed by atoms with van der Waals surface area (Å²) in [5.41, 5.74) is -0.867. The number of hydrogen-bond acceptors (Lipinski definition) is 3. The van der Waals surface area contributed by atoms with E-state index in [2.05, 4.69) is 0 Å². The number of carbonyl (C=O) groups is 1. The smallest absolute Gasteiger partial charge is 0.344 e. The van der Waals surface area contributed by atoms with Crippen molar-refractivity contribution in [3.8, 4) is 0 Å². The Morgan fingerprint density at radius 1 is 1.32 bits per heavy atom. The highest BCUT2D eigenvalue weighted by molar-refractivity contribution is 5.90. The van der Waals surface area contributed by atoms with Crippen LogP contribution in [0, 0.1) is 17.5 Å². The number of carbonyl (C=O) groups excluding carboxylic acids is 1. The molecule has 2 rings (SSSR count). The summed E-state index contributed by atoms with van der Waals surface area (Å²) >= 11 is 0. The highest BCUT2D eigenvalue weighted by Crippen LogP contribution is 2.18. The van der Waals surface area contributed by atoms with E-state index in [9.17, 15) is 18.0 Å². The maximum Gasteiger partial charge on any atom is 0.344 e. The van der Waals surface area contributed by atoms with Gasteiger partial charge in [-0.3, -0.25) is 0 Å². The van der Waals surface area contributed by atoms with Crippen molar-refractivity contribution in [2.75, 3.05) is 13.2 Å². The predicted molar refractivity (Wildman–Crippen MR) is 60.2 cm³/mol. The van der Waals surface area contributed by atoms with Crippen LogP contribution in [-0.4, -0.2) is 25.3 Å². The van der Waals surface area contributed by atoms with Crippen molar-refractivity contribution in [2.24, 2.45) is 0 Å². The predicted octanol–water partition coefficient (Wildman–Crippen LogP) is 2.83. The third-order valence-corrected chi connectivity index (χ3v) is 2.91. The largest absolute Gasteiger partial charge is 0.462 e. The molecule has 104 valence electrons. The van der Waals surface area contributed by atoms with Crippen molar-refractivity contribution in [1.29, 1.82) is 0 Å². The van der Waals surface area contributed by atoms with Crippen molar-refractivity contribution in [3.05, 3.63) is 35.1 Å². The Morgan fingerprint density at radius 2 is 2.00 bits per heavy atom. The lowest BCUT2D eigenvalue weighted by molar-refractivity contribution is 0.0376. The number of ether oxygens (including phenoxy) is 2. The molecule has 1 aromatic rings. The second-order valence-electron chi connectivity index (χ2n) is 4.30. The third kappa shape index (κ3) is 3.47. The van der Waals surface area contributed by atoms with Gasteiger partial charge in [-0.15, -0.1) is 0 Å². The Morgan fingerprint density at radius 3 is 2.58 bits per heavy atom. The molecule has 6 heteroatoms. The summed E-state index contributed by atoms with van der Waals surface area (Å²) in [4.78, 5) is 11.5. The summed E-state index contributed by atoms with van der Waals surface area (Å²) in [6.45, 7) is 0.694. The standard InChI is InChI=1S/C13H13F3O3/c14-8-6-10(15)12(11(16)7-8)13(17)19-5-3-9-2-1-4-18-9/h6-7,9H,1-5H2/t9-/m0/s1. The fraction of sp³-hybridized carbons (Fsp3) is 0.462. The number of halogens is 3. The monoisotopic (exact) mass is 274 g/mol. The zero-order valence-electron chi connectivity index (χ0n) is 10.1. The Hall–Kier alpha value is -1.56. The van der Waals surface area contributed by atoms with Gasteiger partial charge in [0.05, 0.1) is 12.7 Å². The summed E-state index contributed by atoms with van der Waals surface area (Å²) in [6.07, 6.45) is 2.35. The maximum absolute atomic E-state index is 13.3. The number of benzene rings is 1. The molecule has 1 saturated heterocycles. The van der Waals surface area contributed by atoms with Gasteiger partial charge in [0.1, 0.15) is 23.0 Å². The molecule has 1 aliphatic rings. The number of rotatable bonds is 4. The maximum atomic E-state index is 13.3. The van der Waals surface area contributed by atoms with Crippen LogP contribution < -0.4 is 0 Å². The third-order valence-electron chi connectivity index (χ3n) is 2.91. The Bertz CT molecular complexity index is 447. The first-order valence-corrected chi connectivity index (χ1v) is 6.01. The van der Waals surface area contributed by atoms with Gasteiger partial charge in [0.2, 0.25) is 0 Å². The molecule has 0 amide bonds. The van der Waals surface area contributed by atoms with E-state index in [-0.39, 0.29) is 12.7 Å². The topological polar surface area (TPSA) is 35.5 Å². The van der Waals surface area contributed by atoms with E-state index in [4.69, 9.17) is 9.47 Å². The van der Waals surface area contributed by atoms with Crippen molar-refractivity contribution in [2.45, 2.75) is 25.4 Å². The molecule has 0 spiro atoms. The molecule has 1 atom stereocenters. The van der Waals surface area contributed by atoms with E-state index >= 15 is 0 Å². The fourth-order valence-electron chi connectivity index (χ4n) is 1.96. The molecule has 0 aliphatic carbocycles. The quantitative estimate of drug-likeness (QED) is 0.792. The summed E-state index contributed by atoms with van der Waals surface area (Å²) in [5, 5.41) is 0. The van der Waals surface area contributed by atoms with Crippen molar-refractivity contribution >= 4 is 5.97 Å². The first kappa shape index (κ1) is 13.9. The van der Waals surface area contributed by atoms with Gasteiger partial charge in [-0.25, -0.2) is 18.0 Å². The molecular formula is C13H13F3O3. The van der Waals surface area contributed by atoms with Crippen LogP contribution in [-0.2, 0) is 9.47 Å². The van der Waals surface area contributed by atoms with Crippen molar-refractivity contribution in [3.63, 3.8) is 0 Å². The summed E-state index contributed by atoms with van der Waals surface area (Å²) in [5.74, 6) is -4.74. The molecular weight excluding hydrogens is 261 g/mol. The lowest BCUT2D eigenvalue weighted by Crippen LogP contribution is -2.15. The van der Waals surface area contributed by atoms with Gasteiger partial charge in [-0.1, -0.05) is 0 Å². The number of esters is 1. The molecule has 0 N–H and O–H groups in total. The van der Waals surface area contributed by atoms with Crippen LogP contribution in [0.3, 0.4) is 0 Å². The van der Waals surface area contributed by atoms with Gasteiger partial charge in [0, 0.05) is 25.2 Å². The van der Waals surface area contributed by atoms with Crippen LogP contribution in [0.15, 0.2) is 12.1 Å². The number of hydrogen-bond donors (Lipinski definition) is 0. The van der Waals surface area contributed by atoms with E-state index in [1.807, 2.05) is 0 Å². The van der Waals surface area contributed by atoms with Crippen LogP contribution in [0.2, 0.25) is 0 Å². The lowest BCUT2D eigenvalue weighted by atomic mass is 10.2. The minimum atomic E-state index is -1.26. The zero-order valence-corrected chi connectivity index (χ0v) is 10.1. The van der Waals surface area contributed by atoms with Gasteiger partial charge < -0.3 is 9.47 Å². The zero-order chi connectivity index (χ0) is 13.8. The molecule has 0 bridgehead atoms. The molecule has 3 nitrogen and oxygen atoms in total. The van der Waals surface area contributed by atoms with E-state index in [0.29, 0.717) is 25.2 Å². The van der Waals surface area contributed by atoms with E-state index < -0.39 is 29.0 Å².